The lowest BCUT2D eigenvalue weighted by Crippen LogP contribution is -2.15. The third-order valence-electron chi connectivity index (χ3n) is 3.54. The topological polar surface area (TPSA) is 55.4 Å². The number of aryl methyl sites for hydroxylation is 1. The van der Waals surface area contributed by atoms with Crippen LogP contribution in [0.4, 0.5) is 5.69 Å². The van der Waals surface area contributed by atoms with Crippen molar-refractivity contribution in [3.63, 3.8) is 0 Å². The zero-order valence-electron chi connectivity index (χ0n) is 13.6. The van der Waals surface area contributed by atoms with Gasteiger partial charge in [-0.05, 0) is 60.4 Å². The van der Waals surface area contributed by atoms with Crippen LogP contribution in [0.5, 0.6) is 5.75 Å². The molecule has 1 N–H and O–H groups in total. The van der Waals surface area contributed by atoms with Crippen LogP contribution in [0, 0.1) is 6.92 Å². The van der Waals surface area contributed by atoms with Gasteiger partial charge in [0.1, 0.15) is 5.75 Å². The van der Waals surface area contributed by atoms with Crippen LogP contribution in [0.3, 0.4) is 0 Å². The number of ether oxygens (including phenoxy) is 1. The SMILES string of the molecule is COc1cc(C)c(S(=O)(=O)Nc2ccc(Cl)cc2)cc1C(C)C. The molecule has 0 aromatic heterocycles. The molecule has 0 aliphatic carbocycles. The quantitative estimate of drug-likeness (QED) is 0.855. The van der Waals surface area contributed by atoms with Crippen LogP contribution in [-0.4, -0.2) is 15.5 Å². The van der Waals surface area contributed by atoms with Gasteiger partial charge in [0.25, 0.3) is 10.0 Å². The normalized spacial score (nSPS) is 11.6. The maximum Gasteiger partial charge on any atom is 0.262 e. The highest BCUT2D eigenvalue weighted by Crippen LogP contribution is 2.32. The predicted molar refractivity (Wildman–Crippen MR) is 94.1 cm³/mol. The molecule has 0 radical (unpaired) electrons. The maximum absolute atomic E-state index is 12.7. The van der Waals surface area contributed by atoms with E-state index in [1.165, 1.54) is 0 Å². The van der Waals surface area contributed by atoms with E-state index in [0.29, 0.717) is 22.0 Å². The molecule has 0 amide bonds. The molecule has 0 bridgehead atoms. The first-order valence-corrected chi connectivity index (χ1v) is 9.07. The number of hydrogen-bond acceptors (Lipinski definition) is 3. The van der Waals surface area contributed by atoms with Gasteiger partial charge in [0.15, 0.2) is 0 Å². The number of methoxy groups -OCH3 is 1. The van der Waals surface area contributed by atoms with Gasteiger partial charge in [0.05, 0.1) is 12.0 Å². The van der Waals surface area contributed by atoms with Crippen molar-refractivity contribution in [3.8, 4) is 5.75 Å². The molecular weight excluding hydrogens is 334 g/mol. The standard InChI is InChI=1S/C17H20ClNO3S/c1-11(2)15-10-17(12(3)9-16(15)22-4)23(20,21)19-14-7-5-13(18)6-8-14/h5-11,19H,1-4H3. The largest absolute Gasteiger partial charge is 0.496 e. The van der Waals surface area contributed by atoms with Crippen molar-refractivity contribution in [2.24, 2.45) is 0 Å². The van der Waals surface area contributed by atoms with Gasteiger partial charge in [0.2, 0.25) is 0 Å². The molecule has 0 saturated carbocycles. The Morgan fingerprint density at radius 1 is 1.13 bits per heavy atom. The summed E-state index contributed by atoms with van der Waals surface area (Å²) in [5.74, 6) is 0.845. The molecule has 6 heteroatoms. The molecule has 0 aliphatic rings. The van der Waals surface area contributed by atoms with E-state index in [-0.39, 0.29) is 10.8 Å². The number of anilines is 1. The van der Waals surface area contributed by atoms with E-state index in [1.807, 2.05) is 13.8 Å². The van der Waals surface area contributed by atoms with Gasteiger partial charge < -0.3 is 4.74 Å². The van der Waals surface area contributed by atoms with Crippen molar-refractivity contribution >= 4 is 27.3 Å². The zero-order valence-corrected chi connectivity index (χ0v) is 15.1. The number of halogens is 1. The molecular formula is C17H20ClNO3S. The van der Waals surface area contributed by atoms with Crippen molar-refractivity contribution < 1.29 is 13.2 Å². The third kappa shape index (κ3) is 3.98. The Morgan fingerprint density at radius 3 is 2.26 bits per heavy atom. The Labute approximate surface area is 142 Å². The Bertz CT molecular complexity index is 799. The second kappa shape index (κ2) is 6.81. The van der Waals surface area contributed by atoms with E-state index in [1.54, 1.807) is 50.4 Å². The van der Waals surface area contributed by atoms with E-state index in [0.717, 1.165) is 5.56 Å². The van der Waals surface area contributed by atoms with Gasteiger partial charge >= 0.3 is 0 Å². The van der Waals surface area contributed by atoms with Gasteiger partial charge in [-0.3, -0.25) is 4.72 Å². The molecule has 0 saturated heterocycles. The average Bonchev–Trinajstić information content (AvgIpc) is 2.48. The lowest BCUT2D eigenvalue weighted by Gasteiger charge is -2.17. The summed E-state index contributed by atoms with van der Waals surface area (Å²) in [7, 11) is -2.10. The summed E-state index contributed by atoms with van der Waals surface area (Å²) < 4.78 is 33.3. The Morgan fingerprint density at radius 2 is 1.74 bits per heavy atom. The molecule has 0 aliphatic heterocycles. The van der Waals surface area contributed by atoms with E-state index in [4.69, 9.17) is 16.3 Å². The molecule has 124 valence electrons. The van der Waals surface area contributed by atoms with E-state index < -0.39 is 10.0 Å². The van der Waals surface area contributed by atoms with Crippen LogP contribution in [-0.2, 0) is 10.0 Å². The molecule has 0 heterocycles. The Kier molecular flexibility index (Phi) is 5.22. The highest BCUT2D eigenvalue weighted by atomic mass is 35.5. The lowest BCUT2D eigenvalue weighted by molar-refractivity contribution is 0.406. The molecule has 0 unspecified atom stereocenters. The summed E-state index contributed by atoms with van der Waals surface area (Å²) >= 11 is 5.82. The van der Waals surface area contributed by atoms with E-state index in [2.05, 4.69) is 4.72 Å². The van der Waals surface area contributed by atoms with Crippen molar-refractivity contribution in [2.45, 2.75) is 31.6 Å². The van der Waals surface area contributed by atoms with Crippen LogP contribution in [0.25, 0.3) is 0 Å². The second-order valence-corrected chi connectivity index (χ2v) is 7.71. The van der Waals surface area contributed by atoms with Gasteiger partial charge in [-0.15, -0.1) is 0 Å². The maximum atomic E-state index is 12.7. The average molecular weight is 354 g/mol. The number of sulfonamides is 1. The summed E-state index contributed by atoms with van der Waals surface area (Å²) in [6, 6.07) is 9.96. The number of hydrogen-bond donors (Lipinski definition) is 1. The monoisotopic (exact) mass is 353 g/mol. The van der Waals surface area contributed by atoms with Crippen LogP contribution in [0.15, 0.2) is 41.3 Å². The van der Waals surface area contributed by atoms with Crippen molar-refractivity contribution in [1.29, 1.82) is 0 Å². The van der Waals surface area contributed by atoms with Gasteiger partial charge in [-0.1, -0.05) is 25.4 Å². The van der Waals surface area contributed by atoms with Gasteiger partial charge in [-0.25, -0.2) is 8.42 Å². The van der Waals surface area contributed by atoms with Crippen LogP contribution in [0.2, 0.25) is 5.02 Å². The number of rotatable bonds is 5. The van der Waals surface area contributed by atoms with Crippen LogP contribution >= 0.6 is 11.6 Å². The summed E-state index contributed by atoms with van der Waals surface area (Å²) in [5, 5.41) is 0.552. The summed E-state index contributed by atoms with van der Waals surface area (Å²) in [5.41, 5.74) is 1.96. The zero-order chi connectivity index (χ0) is 17.2. The summed E-state index contributed by atoms with van der Waals surface area (Å²) in [4.78, 5) is 0.247. The van der Waals surface area contributed by atoms with E-state index >= 15 is 0 Å². The molecule has 4 nitrogen and oxygen atoms in total. The molecule has 0 spiro atoms. The summed E-state index contributed by atoms with van der Waals surface area (Å²) in [6.07, 6.45) is 0. The smallest absolute Gasteiger partial charge is 0.262 e. The highest BCUT2D eigenvalue weighted by molar-refractivity contribution is 7.92. The number of nitrogens with one attached hydrogen (secondary N) is 1. The fourth-order valence-corrected chi connectivity index (χ4v) is 3.77. The minimum absolute atomic E-state index is 0.148. The molecule has 2 aromatic carbocycles. The van der Waals surface area contributed by atoms with Gasteiger partial charge in [0, 0.05) is 10.7 Å². The number of benzene rings is 2. The van der Waals surface area contributed by atoms with Gasteiger partial charge in [-0.2, -0.15) is 0 Å². The minimum Gasteiger partial charge on any atom is -0.496 e. The molecule has 0 atom stereocenters. The van der Waals surface area contributed by atoms with Crippen molar-refractivity contribution in [1.82, 2.24) is 0 Å². The fourth-order valence-electron chi connectivity index (χ4n) is 2.32. The summed E-state index contributed by atoms with van der Waals surface area (Å²) in [6.45, 7) is 5.75. The molecule has 0 fully saturated rings. The lowest BCUT2D eigenvalue weighted by atomic mass is 10.0. The minimum atomic E-state index is -3.69. The highest BCUT2D eigenvalue weighted by Gasteiger charge is 2.21. The van der Waals surface area contributed by atoms with Crippen molar-refractivity contribution in [3.05, 3.63) is 52.5 Å². The van der Waals surface area contributed by atoms with Crippen LogP contribution in [0.1, 0.15) is 30.9 Å². The first-order valence-electron chi connectivity index (χ1n) is 7.21. The Balaban J connectivity index is 2.46. The van der Waals surface area contributed by atoms with Crippen molar-refractivity contribution in [2.75, 3.05) is 11.8 Å². The molecule has 2 aromatic rings. The first-order chi connectivity index (χ1) is 10.7. The van der Waals surface area contributed by atoms with Crippen LogP contribution < -0.4 is 9.46 Å². The fraction of sp³-hybridized carbons (Fsp3) is 0.294. The second-order valence-electron chi connectivity index (χ2n) is 5.63. The predicted octanol–water partition coefficient (Wildman–Crippen LogP) is 4.58. The Hall–Kier alpha value is -1.72. The first kappa shape index (κ1) is 17.6. The third-order valence-corrected chi connectivity index (χ3v) is 5.31. The molecule has 23 heavy (non-hydrogen) atoms. The molecule has 2 rings (SSSR count). The van der Waals surface area contributed by atoms with E-state index in [9.17, 15) is 8.42 Å².